The molecule has 1 amide bonds. The Morgan fingerprint density at radius 2 is 2.17 bits per heavy atom. The highest BCUT2D eigenvalue weighted by atomic mass is 32.2. The molecular formula is C7H14N2O2S. The smallest absolute Gasteiger partial charge is 0.410 e. The van der Waals surface area contributed by atoms with Crippen LogP contribution in [0.15, 0.2) is 11.9 Å². The molecule has 0 aromatic heterocycles. The fourth-order valence-electron chi connectivity index (χ4n) is 0.593. The Morgan fingerprint density at radius 1 is 1.67 bits per heavy atom. The molecule has 0 saturated heterocycles. The quantitative estimate of drug-likeness (QED) is 0.625. The maximum Gasteiger partial charge on any atom is 0.410 e. The van der Waals surface area contributed by atoms with Crippen molar-refractivity contribution in [3.05, 3.63) is 11.9 Å². The zero-order valence-corrected chi connectivity index (χ0v) is 8.23. The second-order valence-electron chi connectivity index (χ2n) is 2.84. The van der Waals surface area contributed by atoms with Crippen LogP contribution in [0, 0.1) is 0 Å². The molecule has 0 radical (unpaired) electrons. The van der Waals surface area contributed by atoms with Crippen LogP contribution in [-0.2, 0) is 0 Å². The van der Waals surface area contributed by atoms with E-state index in [1.54, 1.807) is 17.8 Å². The Hall–Kier alpha value is -0.840. The zero-order chi connectivity index (χ0) is 9.78. The molecule has 0 aromatic rings. The van der Waals surface area contributed by atoms with Gasteiger partial charge in [0, 0.05) is 4.75 Å². The second-order valence-corrected chi connectivity index (χ2v) is 4.30. The van der Waals surface area contributed by atoms with E-state index in [4.69, 9.17) is 10.8 Å². The molecule has 0 saturated carbocycles. The summed E-state index contributed by atoms with van der Waals surface area (Å²) in [7, 11) is 0. The maximum atomic E-state index is 10.1. The van der Waals surface area contributed by atoms with Crippen LogP contribution >= 0.6 is 11.8 Å². The van der Waals surface area contributed by atoms with Crippen molar-refractivity contribution in [1.29, 1.82) is 0 Å². The Bertz CT molecular complexity index is 202. The molecule has 12 heavy (non-hydrogen) atoms. The van der Waals surface area contributed by atoms with Crippen molar-refractivity contribution in [3.63, 3.8) is 0 Å². The molecule has 0 rings (SSSR count). The Morgan fingerprint density at radius 3 is 2.50 bits per heavy atom. The van der Waals surface area contributed by atoms with Crippen LogP contribution in [0.4, 0.5) is 4.79 Å². The Kier molecular flexibility index (Phi) is 3.95. The fourth-order valence-corrected chi connectivity index (χ4v) is 0.838. The number of nitrogens with two attached hydrogens (primary N) is 1. The lowest BCUT2D eigenvalue weighted by Crippen LogP contribution is -2.28. The highest BCUT2D eigenvalue weighted by Gasteiger charge is 2.13. The monoisotopic (exact) mass is 190 g/mol. The van der Waals surface area contributed by atoms with E-state index in [0.29, 0.717) is 0 Å². The molecule has 0 spiro atoms. The number of rotatable bonds is 3. The fraction of sp³-hybridized carbons (Fsp3) is 0.571. The number of thioether (sulfide) groups is 1. The summed E-state index contributed by atoms with van der Waals surface area (Å²) >= 11 is 1.59. The predicted octanol–water partition coefficient (Wildman–Crippen LogP) is 1.20. The molecule has 0 aromatic carbocycles. The summed E-state index contributed by atoms with van der Waals surface area (Å²) in [6.07, 6.45) is 2.47. The molecule has 0 aliphatic rings. The van der Waals surface area contributed by atoms with Crippen molar-refractivity contribution in [1.82, 2.24) is 5.32 Å². The van der Waals surface area contributed by atoms with E-state index in [2.05, 4.69) is 5.32 Å². The van der Waals surface area contributed by atoms with Gasteiger partial charge < -0.3 is 10.8 Å². The van der Waals surface area contributed by atoms with Crippen LogP contribution < -0.4 is 11.1 Å². The summed E-state index contributed by atoms with van der Waals surface area (Å²) in [5.41, 5.74) is 5.39. The molecule has 0 heterocycles. The van der Waals surface area contributed by atoms with Crippen LogP contribution in [0.3, 0.4) is 0 Å². The van der Waals surface area contributed by atoms with Gasteiger partial charge in [-0.3, -0.25) is 5.32 Å². The van der Waals surface area contributed by atoms with E-state index in [-0.39, 0.29) is 10.6 Å². The van der Waals surface area contributed by atoms with Gasteiger partial charge in [-0.05, 0) is 26.2 Å². The highest BCUT2D eigenvalue weighted by Crippen LogP contribution is 2.22. The van der Waals surface area contributed by atoms with Gasteiger partial charge in [-0.2, -0.15) is 11.8 Å². The van der Waals surface area contributed by atoms with Gasteiger partial charge in [0.25, 0.3) is 0 Å². The van der Waals surface area contributed by atoms with Crippen LogP contribution in [0.25, 0.3) is 0 Å². The summed E-state index contributed by atoms with van der Waals surface area (Å²) in [5.74, 6) is 0.168. The molecular weight excluding hydrogens is 176 g/mol. The minimum Gasteiger partial charge on any atom is -0.465 e. The number of nitrogens with one attached hydrogen (secondary N) is 1. The molecule has 0 fully saturated rings. The Balaban J connectivity index is 4.24. The van der Waals surface area contributed by atoms with Gasteiger partial charge in [-0.1, -0.05) is 0 Å². The first-order valence-corrected chi connectivity index (χ1v) is 4.63. The van der Waals surface area contributed by atoms with Gasteiger partial charge in [0.2, 0.25) is 0 Å². The van der Waals surface area contributed by atoms with E-state index in [0.717, 1.165) is 0 Å². The van der Waals surface area contributed by atoms with Crippen LogP contribution in [0.2, 0.25) is 0 Å². The topological polar surface area (TPSA) is 75.3 Å². The molecule has 0 bridgehead atoms. The van der Waals surface area contributed by atoms with Crippen molar-refractivity contribution < 1.29 is 9.90 Å². The molecule has 0 aliphatic carbocycles. The van der Waals surface area contributed by atoms with Gasteiger partial charge in [0.15, 0.2) is 0 Å². The number of hydrogen-bond donors (Lipinski definition) is 3. The van der Waals surface area contributed by atoms with Gasteiger partial charge in [0.1, 0.15) is 5.82 Å². The van der Waals surface area contributed by atoms with Gasteiger partial charge in [-0.25, -0.2) is 4.79 Å². The first kappa shape index (κ1) is 11.2. The largest absolute Gasteiger partial charge is 0.465 e. The van der Waals surface area contributed by atoms with Crippen LogP contribution in [-0.4, -0.2) is 22.2 Å². The Labute approximate surface area is 76.2 Å². The number of carboxylic acid groups (broad SMARTS) is 1. The average Bonchev–Trinajstić information content (AvgIpc) is 1.84. The number of hydrogen-bond acceptors (Lipinski definition) is 3. The first-order chi connectivity index (χ1) is 5.37. The minimum absolute atomic E-state index is 0.146. The van der Waals surface area contributed by atoms with E-state index in [1.807, 2.05) is 20.1 Å². The maximum absolute atomic E-state index is 10.1. The van der Waals surface area contributed by atoms with Crippen molar-refractivity contribution in [2.45, 2.75) is 18.6 Å². The SMILES string of the molecule is CSC(C)(C)C=C(N)NC(=O)O. The molecule has 0 unspecified atom stereocenters. The third kappa shape index (κ3) is 4.90. The average molecular weight is 190 g/mol. The van der Waals surface area contributed by atoms with E-state index >= 15 is 0 Å². The van der Waals surface area contributed by atoms with E-state index in [9.17, 15) is 4.79 Å². The molecule has 4 nitrogen and oxygen atoms in total. The van der Waals surface area contributed by atoms with Gasteiger partial charge in [-0.15, -0.1) is 0 Å². The van der Waals surface area contributed by atoms with Crippen LogP contribution in [0.1, 0.15) is 13.8 Å². The molecule has 70 valence electrons. The first-order valence-electron chi connectivity index (χ1n) is 3.41. The van der Waals surface area contributed by atoms with Crippen molar-refractivity contribution in [3.8, 4) is 0 Å². The number of carbonyl (C=O) groups is 1. The zero-order valence-electron chi connectivity index (χ0n) is 7.42. The summed E-state index contributed by atoms with van der Waals surface area (Å²) in [4.78, 5) is 10.1. The summed E-state index contributed by atoms with van der Waals surface area (Å²) in [6.45, 7) is 3.90. The standard InChI is InChI=1S/C7H14N2O2S/c1-7(2,12-3)4-5(8)9-6(10)11/h4,9H,8H2,1-3H3,(H,10,11). The lowest BCUT2D eigenvalue weighted by molar-refractivity contribution is 0.197. The molecule has 5 heteroatoms. The lowest BCUT2D eigenvalue weighted by atomic mass is 10.2. The van der Waals surface area contributed by atoms with E-state index < -0.39 is 6.09 Å². The van der Waals surface area contributed by atoms with E-state index in [1.165, 1.54) is 0 Å². The normalized spacial score (nSPS) is 12.8. The second kappa shape index (κ2) is 4.25. The summed E-state index contributed by atoms with van der Waals surface area (Å²) < 4.78 is -0.146. The summed E-state index contributed by atoms with van der Waals surface area (Å²) in [5, 5.41) is 10.4. The van der Waals surface area contributed by atoms with Gasteiger partial charge >= 0.3 is 6.09 Å². The predicted molar refractivity (Wildman–Crippen MR) is 51.0 cm³/mol. The van der Waals surface area contributed by atoms with Crippen molar-refractivity contribution in [2.24, 2.45) is 5.73 Å². The lowest BCUT2D eigenvalue weighted by Gasteiger charge is -2.17. The van der Waals surface area contributed by atoms with Crippen molar-refractivity contribution in [2.75, 3.05) is 6.26 Å². The van der Waals surface area contributed by atoms with Crippen molar-refractivity contribution >= 4 is 17.9 Å². The highest BCUT2D eigenvalue weighted by molar-refractivity contribution is 8.00. The molecule has 0 aliphatic heterocycles. The third-order valence-electron chi connectivity index (χ3n) is 1.28. The number of amides is 1. The molecule has 4 N–H and O–H groups in total. The van der Waals surface area contributed by atoms with Crippen LogP contribution in [0.5, 0.6) is 0 Å². The third-order valence-corrected chi connectivity index (χ3v) is 2.45. The minimum atomic E-state index is -1.14. The molecule has 0 atom stereocenters. The van der Waals surface area contributed by atoms with Gasteiger partial charge in [0.05, 0.1) is 0 Å². The summed E-state index contributed by atoms with van der Waals surface area (Å²) in [6, 6.07) is 0.